The lowest BCUT2D eigenvalue weighted by Crippen LogP contribution is -2.53. The fourth-order valence-electron chi connectivity index (χ4n) is 2.33. The van der Waals surface area contributed by atoms with E-state index in [2.05, 4.69) is 34.2 Å². The first-order valence-electron chi connectivity index (χ1n) is 6.47. The summed E-state index contributed by atoms with van der Waals surface area (Å²) in [6.07, 6.45) is 2.71. The van der Waals surface area contributed by atoms with E-state index in [0.29, 0.717) is 18.4 Å². The molecule has 1 aliphatic rings. The van der Waals surface area contributed by atoms with Crippen molar-refractivity contribution in [3.05, 3.63) is 18.2 Å². The third-order valence-corrected chi connectivity index (χ3v) is 3.60. The van der Waals surface area contributed by atoms with Gasteiger partial charge in [0.05, 0.1) is 6.54 Å². The average Bonchev–Trinajstić information content (AvgIpc) is 2.82. The fraction of sp³-hybridized carbons (Fsp3) is 0.750. The van der Waals surface area contributed by atoms with Crippen molar-refractivity contribution in [3.8, 4) is 0 Å². The molecule has 1 unspecified atom stereocenters. The molecule has 0 aromatic carbocycles. The molecule has 2 heterocycles. The van der Waals surface area contributed by atoms with Crippen molar-refractivity contribution in [1.29, 1.82) is 0 Å². The number of hydrogen-bond acceptors (Lipinski definition) is 4. The lowest BCUT2D eigenvalue weighted by molar-refractivity contribution is 0.0662. The summed E-state index contributed by atoms with van der Waals surface area (Å²) in [4.78, 5) is 8.53. The Morgan fingerprint density at radius 3 is 2.95 bits per heavy atom. The minimum Gasteiger partial charge on any atom is -0.308 e. The molecule has 1 N–H and O–H groups in total. The monoisotopic (exact) mass is 273 g/mol. The Labute approximate surface area is 112 Å². The molecule has 0 radical (unpaired) electrons. The van der Waals surface area contributed by atoms with Crippen LogP contribution in [0.4, 0.5) is 8.78 Å². The number of likely N-dealkylation sites (N-methyl/N-ethyl adjacent to an activating group) is 2. The maximum absolute atomic E-state index is 12.6. The molecule has 1 saturated heterocycles. The van der Waals surface area contributed by atoms with Crippen LogP contribution in [-0.2, 0) is 6.54 Å². The van der Waals surface area contributed by atoms with E-state index >= 15 is 0 Å². The second kappa shape index (κ2) is 6.40. The van der Waals surface area contributed by atoms with Gasteiger partial charge in [-0.25, -0.2) is 4.98 Å². The van der Waals surface area contributed by atoms with Crippen molar-refractivity contribution in [3.63, 3.8) is 0 Å². The van der Waals surface area contributed by atoms with Gasteiger partial charge in [-0.1, -0.05) is 0 Å². The Kier molecular flexibility index (Phi) is 4.84. The highest BCUT2D eigenvalue weighted by Gasteiger charge is 2.21. The molecule has 1 aromatic rings. The summed E-state index contributed by atoms with van der Waals surface area (Å²) in [5.74, 6) is 0.377. The molecular formula is C12H21F2N5. The molecule has 1 fully saturated rings. The van der Waals surface area contributed by atoms with Crippen molar-refractivity contribution < 1.29 is 8.78 Å². The van der Waals surface area contributed by atoms with Crippen molar-refractivity contribution in [1.82, 2.24) is 24.7 Å². The third kappa shape index (κ3) is 3.71. The Morgan fingerprint density at radius 2 is 2.21 bits per heavy atom. The number of alkyl halides is 2. The van der Waals surface area contributed by atoms with E-state index in [1.165, 1.54) is 12.4 Å². The maximum atomic E-state index is 12.6. The van der Waals surface area contributed by atoms with Crippen LogP contribution < -0.4 is 5.32 Å². The third-order valence-electron chi connectivity index (χ3n) is 3.60. The summed E-state index contributed by atoms with van der Waals surface area (Å²) in [5.41, 5.74) is 0. The van der Waals surface area contributed by atoms with Crippen molar-refractivity contribution >= 4 is 0 Å². The van der Waals surface area contributed by atoms with E-state index in [0.717, 1.165) is 30.7 Å². The number of aromatic nitrogens is 2. The van der Waals surface area contributed by atoms with E-state index in [-0.39, 0.29) is 0 Å². The number of halogens is 2. The van der Waals surface area contributed by atoms with Crippen LogP contribution in [-0.4, -0.2) is 65.7 Å². The minimum absolute atomic E-state index is 0.366. The van der Waals surface area contributed by atoms with Crippen LogP contribution in [0.3, 0.4) is 0 Å². The predicted octanol–water partition coefficient (Wildman–Crippen LogP) is 0.614. The second-order valence-electron chi connectivity index (χ2n) is 5.06. The molecule has 0 saturated carbocycles. The van der Waals surface area contributed by atoms with E-state index in [4.69, 9.17) is 0 Å². The van der Waals surface area contributed by atoms with Crippen LogP contribution in [0, 0.1) is 0 Å². The van der Waals surface area contributed by atoms with E-state index < -0.39 is 6.55 Å². The Hall–Kier alpha value is -1.05. The lowest BCUT2D eigenvalue weighted by atomic mass is 10.2. The van der Waals surface area contributed by atoms with E-state index in [1.54, 1.807) is 0 Å². The molecule has 5 nitrogen and oxygen atoms in total. The molecule has 19 heavy (non-hydrogen) atoms. The van der Waals surface area contributed by atoms with Gasteiger partial charge in [0.25, 0.3) is 0 Å². The predicted molar refractivity (Wildman–Crippen MR) is 69.1 cm³/mol. The number of nitrogens with zero attached hydrogens (tertiary/aromatic N) is 4. The van der Waals surface area contributed by atoms with Crippen LogP contribution in [0.1, 0.15) is 12.4 Å². The minimum atomic E-state index is -2.53. The standard InChI is InChI=1S/C12H21F2N5/c1-17-5-6-18(2)10(9-17)7-15-8-11-16-3-4-19(11)12(13)14/h3-4,10,12,15H,5-9H2,1-2H3. The van der Waals surface area contributed by atoms with Crippen LogP contribution in [0.15, 0.2) is 12.4 Å². The summed E-state index contributed by atoms with van der Waals surface area (Å²) in [7, 11) is 4.20. The number of rotatable bonds is 5. The lowest BCUT2D eigenvalue weighted by Gasteiger charge is -2.37. The highest BCUT2D eigenvalue weighted by Crippen LogP contribution is 2.12. The van der Waals surface area contributed by atoms with Gasteiger partial charge in [-0.15, -0.1) is 0 Å². The van der Waals surface area contributed by atoms with Gasteiger partial charge in [-0.3, -0.25) is 9.47 Å². The number of nitrogens with one attached hydrogen (secondary N) is 1. The van der Waals surface area contributed by atoms with Gasteiger partial charge in [-0.05, 0) is 14.1 Å². The van der Waals surface area contributed by atoms with Crippen molar-refractivity contribution in [2.24, 2.45) is 0 Å². The van der Waals surface area contributed by atoms with Gasteiger partial charge in [0.15, 0.2) is 0 Å². The zero-order valence-corrected chi connectivity index (χ0v) is 11.4. The van der Waals surface area contributed by atoms with Crippen LogP contribution in [0.2, 0.25) is 0 Å². The summed E-state index contributed by atoms with van der Waals surface area (Å²) < 4.78 is 26.2. The SMILES string of the molecule is CN1CCN(C)C(CNCc2nccn2C(F)F)C1. The van der Waals surface area contributed by atoms with Gasteiger partial charge in [0.1, 0.15) is 5.82 Å². The molecule has 108 valence electrons. The average molecular weight is 273 g/mol. The van der Waals surface area contributed by atoms with Crippen LogP contribution in [0.5, 0.6) is 0 Å². The number of imidazole rings is 1. The highest BCUT2D eigenvalue weighted by atomic mass is 19.3. The van der Waals surface area contributed by atoms with Gasteiger partial charge < -0.3 is 10.2 Å². The molecule has 7 heteroatoms. The first-order valence-corrected chi connectivity index (χ1v) is 6.47. The summed E-state index contributed by atoms with van der Waals surface area (Å²) in [6.45, 7) is 1.72. The summed E-state index contributed by atoms with van der Waals surface area (Å²) in [6, 6.07) is 0.411. The normalized spacial score (nSPS) is 22.3. The Balaban J connectivity index is 1.81. The van der Waals surface area contributed by atoms with Gasteiger partial charge in [-0.2, -0.15) is 8.78 Å². The molecule has 0 bridgehead atoms. The largest absolute Gasteiger partial charge is 0.319 e. The quantitative estimate of drug-likeness (QED) is 0.853. The number of piperazine rings is 1. The molecule has 1 aliphatic heterocycles. The smallest absolute Gasteiger partial charge is 0.308 e. The molecular weight excluding hydrogens is 252 g/mol. The molecule has 1 atom stereocenters. The Morgan fingerprint density at radius 1 is 1.42 bits per heavy atom. The molecule has 1 aromatic heterocycles. The topological polar surface area (TPSA) is 36.3 Å². The number of hydrogen-bond donors (Lipinski definition) is 1. The van der Waals surface area contributed by atoms with Crippen LogP contribution >= 0.6 is 0 Å². The molecule has 0 amide bonds. The maximum Gasteiger partial charge on any atom is 0.319 e. The first-order chi connectivity index (χ1) is 9.08. The van der Waals surface area contributed by atoms with Crippen molar-refractivity contribution in [2.75, 3.05) is 40.3 Å². The van der Waals surface area contributed by atoms with E-state index in [1.807, 2.05) is 0 Å². The summed E-state index contributed by atoms with van der Waals surface area (Å²) >= 11 is 0. The van der Waals surface area contributed by atoms with Gasteiger partial charge in [0, 0.05) is 44.6 Å². The first kappa shape index (κ1) is 14.4. The second-order valence-corrected chi connectivity index (χ2v) is 5.06. The zero-order valence-electron chi connectivity index (χ0n) is 11.4. The van der Waals surface area contributed by atoms with Crippen LogP contribution in [0.25, 0.3) is 0 Å². The molecule has 0 spiro atoms. The highest BCUT2D eigenvalue weighted by molar-refractivity contribution is 4.92. The molecule has 2 rings (SSSR count). The molecule has 0 aliphatic carbocycles. The van der Waals surface area contributed by atoms with E-state index in [9.17, 15) is 8.78 Å². The fourth-order valence-corrected chi connectivity index (χ4v) is 2.33. The van der Waals surface area contributed by atoms with Crippen molar-refractivity contribution in [2.45, 2.75) is 19.1 Å². The summed E-state index contributed by atoms with van der Waals surface area (Å²) in [5, 5.41) is 3.22. The zero-order chi connectivity index (χ0) is 13.8. The van der Waals surface area contributed by atoms with Gasteiger partial charge in [0.2, 0.25) is 0 Å². The van der Waals surface area contributed by atoms with Gasteiger partial charge >= 0.3 is 6.55 Å². The Bertz CT molecular complexity index is 395.